The number of carbonyl (C=O) groups is 1. The first-order valence-electron chi connectivity index (χ1n) is 5.37. The van der Waals surface area contributed by atoms with E-state index in [9.17, 15) is 4.79 Å². The van der Waals surface area contributed by atoms with E-state index in [0.29, 0.717) is 16.5 Å². The maximum Gasteiger partial charge on any atom is 0.243 e. The molecule has 5 heteroatoms. The number of nitrogens with zero attached hydrogens (tertiary/aromatic N) is 2. The second-order valence-corrected chi connectivity index (χ2v) is 5.32. The number of para-hydroxylation sites is 1. The van der Waals surface area contributed by atoms with E-state index in [1.165, 1.54) is 11.8 Å². The molecule has 1 aromatic rings. The molecular weight excluding hydrogens is 256 g/mol. The lowest BCUT2D eigenvalue weighted by atomic mass is 10.3. The summed E-state index contributed by atoms with van der Waals surface area (Å²) in [7, 11) is 0. The van der Waals surface area contributed by atoms with Crippen LogP contribution in [0.1, 0.15) is 13.8 Å². The number of amides is 1. The van der Waals surface area contributed by atoms with Crippen LogP contribution in [0.4, 0.5) is 5.69 Å². The fourth-order valence-corrected chi connectivity index (χ4v) is 2.76. The average molecular weight is 269 g/mol. The summed E-state index contributed by atoms with van der Waals surface area (Å²) in [5, 5.41) is 1.30. The van der Waals surface area contributed by atoms with Gasteiger partial charge < -0.3 is 0 Å². The molecule has 0 radical (unpaired) electrons. The third-order valence-electron chi connectivity index (χ3n) is 2.23. The highest BCUT2D eigenvalue weighted by atomic mass is 35.5. The fourth-order valence-electron chi connectivity index (χ4n) is 1.55. The highest BCUT2D eigenvalue weighted by Gasteiger charge is 2.30. The summed E-state index contributed by atoms with van der Waals surface area (Å²) in [6, 6.07) is 7.49. The number of benzene rings is 1. The summed E-state index contributed by atoms with van der Waals surface area (Å²) in [5.41, 5.74) is 0.712. The molecule has 0 bridgehead atoms. The van der Waals surface area contributed by atoms with Gasteiger partial charge in [-0.25, -0.2) is 0 Å². The molecule has 17 heavy (non-hydrogen) atoms. The van der Waals surface area contributed by atoms with Gasteiger partial charge in [0.1, 0.15) is 0 Å². The Bertz CT molecular complexity index is 473. The van der Waals surface area contributed by atoms with Crippen LogP contribution in [0.3, 0.4) is 0 Å². The summed E-state index contributed by atoms with van der Waals surface area (Å²) in [6.07, 6.45) is 0. The molecule has 1 aromatic carbocycles. The Morgan fingerprint density at radius 2 is 2.12 bits per heavy atom. The van der Waals surface area contributed by atoms with Crippen molar-refractivity contribution in [1.29, 1.82) is 0 Å². The average Bonchev–Trinajstić information content (AvgIpc) is 2.60. The molecule has 1 amide bonds. The maximum atomic E-state index is 11.9. The summed E-state index contributed by atoms with van der Waals surface area (Å²) in [4.78, 5) is 17.9. The number of hydrogen-bond donors (Lipinski definition) is 0. The van der Waals surface area contributed by atoms with E-state index in [-0.39, 0.29) is 11.9 Å². The summed E-state index contributed by atoms with van der Waals surface area (Å²) < 4.78 is 0. The monoisotopic (exact) mass is 268 g/mol. The molecule has 0 N–H and O–H groups in total. The highest BCUT2D eigenvalue weighted by molar-refractivity contribution is 8.15. The molecule has 90 valence electrons. The van der Waals surface area contributed by atoms with Gasteiger partial charge in [-0.1, -0.05) is 35.5 Å². The zero-order chi connectivity index (χ0) is 12.4. The van der Waals surface area contributed by atoms with E-state index < -0.39 is 0 Å². The minimum Gasteiger partial charge on any atom is -0.273 e. The van der Waals surface area contributed by atoms with Crippen LogP contribution in [0.15, 0.2) is 29.3 Å². The van der Waals surface area contributed by atoms with Crippen LogP contribution < -0.4 is 4.90 Å². The Balaban J connectivity index is 2.41. The molecule has 0 saturated carbocycles. The molecule has 2 rings (SSSR count). The Labute approximate surface area is 110 Å². The smallest absolute Gasteiger partial charge is 0.243 e. The summed E-state index contributed by atoms with van der Waals surface area (Å²) >= 11 is 7.57. The molecule has 1 saturated heterocycles. The van der Waals surface area contributed by atoms with Crippen LogP contribution in [0.5, 0.6) is 0 Å². The standard InChI is InChI=1S/C12H13ClN2OS/c1-8(2)14-12-15(11(16)7-17-12)10-6-4-3-5-9(10)13/h3-6,8H,7H2,1-2H3. The molecule has 0 aliphatic carbocycles. The second kappa shape index (κ2) is 5.10. The van der Waals surface area contributed by atoms with Crippen LogP contribution in [-0.4, -0.2) is 22.9 Å². The first-order chi connectivity index (χ1) is 8.09. The van der Waals surface area contributed by atoms with Gasteiger partial charge >= 0.3 is 0 Å². The normalized spacial score (nSPS) is 18.5. The van der Waals surface area contributed by atoms with Gasteiger partial charge in [-0.05, 0) is 26.0 Å². The van der Waals surface area contributed by atoms with Crippen molar-refractivity contribution in [2.45, 2.75) is 19.9 Å². The van der Waals surface area contributed by atoms with Crippen molar-refractivity contribution in [3.63, 3.8) is 0 Å². The van der Waals surface area contributed by atoms with Gasteiger partial charge in [-0.15, -0.1) is 0 Å². The minimum atomic E-state index is 0.0301. The van der Waals surface area contributed by atoms with Gasteiger partial charge in [-0.2, -0.15) is 0 Å². The lowest BCUT2D eigenvalue weighted by Gasteiger charge is -2.17. The second-order valence-electron chi connectivity index (χ2n) is 3.97. The number of rotatable bonds is 2. The molecule has 1 aliphatic rings. The van der Waals surface area contributed by atoms with Crippen LogP contribution >= 0.6 is 23.4 Å². The third kappa shape index (κ3) is 2.64. The quantitative estimate of drug-likeness (QED) is 0.825. The molecule has 0 aromatic heterocycles. The molecular formula is C12H13ClN2OS. The number of amidine groups is 1. The van der Waals surface area contributed by atoms with Crippen LogP contribution in [0.2, 0.25) is 5.02 Å². The molecule has 1 heterocycles. The van der Waals surface area contributed by atoms with Gasteiger partial charge in [-0.3, -0.25) is 14.7 Å². The van der Waals surface area contributed by atoms with Crippen molar-refractivity contribution < 1.29 is 4.79 Å². The molecule has 0 atom stereocenters. The van der Waals surface area contributed by atoms with Gasteiger partial charge in [0.05, 0.1) is 16.5 Å². The Morgan fingerprint density at radius 3 is 2.76 bits per heavy atom. The molecule has 1 aliphatic heterocycles. The van der Waals surface area contributed by atoms with E-state index in [1.54, 1.807) is 11.0 Å². The van der Waals surface area contributed by atoms with Gasteiger partial charge in [0.25, 0.3) is 0 Å². The predicted octanol–water partition coefficient (Wildman–Crippen LogP) is 3.18. The zero-order valence-corrected chi connectivity index (χ0v) is 11.3. The van der Waals surface area contributed by atoms with Crippen LogP contribution in [-0.2, 0) is 4.79 Å². The van der Waals surface area contributed by atoms with Crippen LogP contribution in [0.25, 0.3) is 0 Å². The number of halogens is 1. The van der Waals surface area contributed by atoms with Crippen molar-refractivity contribution in [2.24, 2.45) is 4.99 Å². The lowest BCUT2D eigenvalue weighted by Crippen LogP contribution is -2.30. The van der Waals surface area contributed by atoms with E-state index in [1.807, 2.05) is 32.0 Å². The number of anilines is 1. The SMILES string of the molecule is CC(C)N=C1SCC(=O)N1c1ccccc1Cl. The summed E-state index contributed by atoms with van der Waals surface area (Å²) in [5.74, 6) is 0.457. The molecule has 0 spiro atoms. The summed E-state index contributed by atoms with van der Waals surface area (Å²) in [6.45, 7) is 3.97. The third-order valence-corrected chi connectivity index (χ3v) is 3.48. The Hall–Kier alpha value is -1.00. The topological polar surface area (TPSA) is 32.7 Å². The lowest BCUT2D eigenvalue weighted by molar-refractivity contribution is -0.115. The number of hydrogen-bond acceptors (Lipinski definition) is 3. The van der Waals surface area contributed by atoms with E-state index in [4.69, 9.17) is 11.6 Å². The number of aliphatic imine (C=N–C) groups is 1. The van der Waals surface area contributed by atoms with Crippen molar-refractivity contribution in [3.8, 4) is 0 Å². The van der Waals surface area contributed by atoms with Crippen molar-refractivity contribution in [2.75, 3.05) is 10.7 Å². The molecule has 3 nitrogen and oxygen atoms in total. The van der Waals surface area contributed by atoms with Gasteiger partial charge in [0.15, 0.2) is 5.17 Å². The molecule has 0 unspecified atom stereocenters. The van der Waals surface area contributed by atoms with E-state index >= 15 is 0 Å². The van der Waals surface area contributed by atoms with Gasteiger partial charge in [0, 0.05) is 6.04 Å². The van der Waals surface area contributed by atoms with E-state index in [2.05, 4.69) is 4.99 Å². The first kappa shape index (κ1) is 12.5. The zero-order valence-electron chi connectivity index (χ0n) is 9.68. The minimum absolute atomic E-state index is 0.0301. The van der Waals surface area contributed by atoms with E-state index in [0.717, 1.165) is 5.17 Å². The maximum absolute atomic E-state index is 11.9. The highest BCUT2D eigenvalue weighted by Crippen LogP contribution is 2.32. The van der Waals surface area contributed by atoms with Crippen LogP contribution in [0, 0.1) is 0 Å². The van der Waals surface area contributed by atoms with Gasteiger partial charge in [0.2, 0.25) is 5.91 Å². The van der Waals surface area contributed by atoms with Crippen molar-refractivity contribution in [1.82, 2.24) is 0 Å². The fraction of sp³-hybridized carbons (Fsp3) is 0.333. The largest absolute Gasteiger partial charge is 0.273 e. The molecule has 1 fully saturated rings. The number of thioether (sulfide) groups is 1. The Morgan fingerprint density at radius 1 is 1.41 bits per heavy atom. The number of carbonyl (C=O) groups excluding carboxylic acids is 1. The first-order valence-corrected chi connectivity index (χ1v) is 6.74. The predicted molar refractivity (Wildman–Crippen MR) is 74.0 cm³/mol. The van der Waals surface area contributed by atoms with Crippen molar-refractivity contribution in [3.05, 3.63) is 29.3 Å². The Kier molecular flexibility index (Phi) is 3.74. The van der Waals surface area contributed by atoms with Crippen molar-refractivity contribution >= 4 is 40.1 Å².